The first-order valence-corrected chi connectivity index (χ1v) is 7.37. The van der Waals surface area contributed by atoms with Crippen LogP contribution in [0.1, 0.15) is 5.69 Å². The Kier molecular flexibility index (Phi) is 4.03. The number of aliphatic imine (C=N–C) groups is 1. The van der Waals surface area contributed by atoms with Crippen molar-refractivity contribution < 1.29 is 8.42 Å². The van der Waals surface area contributed by atoms with Crippen LogP contribution < -0.4 is 16.2 Å². The smallest absolute Gasteiger partial charge is 0.264 e. The van der Waals surface area contributed by atoms with E-state index in [4.69, 9.17) is 11.5 Å². The molecule has 0 aliphatic carbocycles. The second-order valence-corrected chi connectivity index (χ2v) is 5.84. The third-order valence-corrected chi connectivity index (χ3v) is 3.77. The van der Waals surface area contributed by atoms with Gasteiger partial charge in [0.15, 0.2) is 5.96 Å². The summed E-state index contributed by atoms with van der Waals surface area (Å²) < 4.78 is 26.6. The van der Waals surface area contributed by atoms with Gasteiger partial charge in [-0.25, -0.2) is 28.1 Å². The fourth-order valence-corrected chi connectivity index (χ4v) is 2.48. The van der Waals surface area contributed by atoms with Crippen LogP contribution in [0.3, 0.4) is 0 Å². The van der Waals surface area contributed by atoms with Gasteiger partial charge in [0.25, 0.3) is 10.0 Å². The molecule has 1 heterocycles. The zero-order chi connectivity index (χ0) is 15.5. The molecule has 0 atom stereocenters. The summed E-state index contributed by atoms with van der Waals surface area (Å²) in [5.41, 5.74) is 11.6. The molecule has 2 aromatic rings. The lowest BCUT2D eigenvalue weighted by Crippen LogP contribution is -2.21. The van der Waals surface area contributed by atoms with Gasteiger partial charge in [0, 0.05) is 11.9 Å². The van der Waals surface area contributed by atoms with Gasteiger partial charge in [-0.3, -0.25) is 0 Å². The van der Waals surface area contributed by atoms with Gasteiger partial charge in [-0.1, -0.05) is 0 Å². The van der Waals surface area contributed by atoms with Crippen LogP contribution in [0.4, 0.5) is 11.6 Å². The van der Waals surface area contributed by atoms with Crippen LogP contribution in [0, 0.1) is 6.92 Å². The Morgan fingerprint density at radius 3 is 2.43 bits per heavy atom. The SMILES string of the molecule is Cc1ccnc(NS(=O)(=O)c2ccc(N=C(N)N)cc2)n1. The van der Waals surface area contributed by atoms with Crippen LogP contribution in [0.15, 0.2) is 46.4 Å². The summed E-state index contributed by atoms with van der Waals surface area (Å²) in [5.74, 6) is -0.0832. The predicted octanol–water partition coefficient (Wildman–Crippen LogP) is 0.491. The van der Waals surface area contributed by atoms with E-state index in [1.54, 1.807) is 13.0 Å². The minimum absolute atomic E-state index is 0.0169. The summed E-state index contributed by atoms with van der Waals surface area (Å²) in [4.78, 5) is 11.7. The Labute approximate surface area is 122 Å². The standard InChI is InChI=1S/C12H14N6O2S/c1-8-6-7-15-12(16-8)18-21(19,20)10-4-2-9(3-5-10)17-11(13)14/h2-7H,1H3,(H4,13,14,17)(H,15,16,18). The van der Waals surface area contributed by atoms with E-state index in [2.05, 4.69) is 19.7 Å². The average molecular weight is 306 g/mol. The number of sulfonamides is 1. The zero-order valence-electron chi connectivity index (χ0n) is 11.2. The van der Waals surface area contributed by atoms with E-state index in [0.29, 0.717) is 11.4 Å². The molecule has 1 aromatic heterocycles. The van der Waals surface area contributed by atoms with Gasteiger partial charge in [0.2, 0.25) is 5.95 Å². The monoisotopic (exact) mass is 306 g/mol. The number of hydrogen-bond donors (Lipinski definition) is 3. The topological polar surface area (TPSA) is 136 Å². The zero-order valence-corrected chi connectivity index (χ0v) is 12.0. The van der Waals surface area contributed by atoms with E-state index >= 15 is 0 Å². The molecule has 21 heavy (non-hydrogen) atoms. The third kappa shape index (κ3) is 3.89. The molecule has 5 N–H and O–H groups in total. The van der Waals surface area contributed by atoms with Gasteiger partial charge in [-0.15, -0.1) is 0 Å². The Balaban J connectivity index is 2.25. The van der Waals surface area contributed by atoms with E-state index < -0.39 is 10.0 Å². The number of nitrogens with one attached hydrogen (secondary N) is 1. The minimum atomic E-state index is -3.76. The molecule has 0 bridgehead atoms. The molecule has 0 unspecified atom stereocenters. The number of guanidine groups is 1. The van der Waals surface area contributed by atoms with E-state index in [-0.39, 0.29) is 16.8 Å². The van der Waals surface area contributed by atoms with E-state index in [1.807, 2.05) is 0 Å². The lowest BCUT2D eigenvalue weighted by molar-refractivity contribution is 0.601. The summed E-state index contributed by atoms with van der Waals surface area (Å²) in [6.45, 7) is 1.74. The highest BCUT2D eigenvalue weighted by atomic mass is 32.2. The maximum absolute atomic E-state index is 12.2. The molecule has 1 aromatic carbocycles. The number of rotatable bonds is 4. The van der Waals surface area contributed by atoms with Crippen molar-refractivity contribution in [2.24, 2.45) is 16.5 Å². The number of aromatic nitrogens is 2. The molecular weight excluding hydrogens is 292 g/mol. The van der Waals surface area contributed by atoms with Crippen molar-refractivity contribution in [1.82, 2.24) is 9.97 Å². The second kappa shape index (κ2) is 5.75. The highest BCUT2D eigenvalue weighted by Crippen LogP contribution is 2.18. The van der Waals surface area contributed by atoms with Crippen LogP contribution in [-0.4, -0.2) is 24.3 Å². The maximum Gasteiger partial charge on any atom is 0.264 e. The van der Waals surface area contributed by atoms with Crippen molar-refractivity contribution in [2.75, 3.05) is 4.72 Å². The molecule has 0 radical (unpaired) electrons. The molecule has 8 nitrogen and oxygen atoms in total. The molecule has 2 rings (SSSR count). The fraction of sp³-hybridized carbons (Fsp3) is 0.0833. The van der Waals surface area contributed by atoms with Gasteiger partial charge < -0.3 is 11.5 Å². The first-order chi connectivity index (χ1) is 9.87. The van der Waals surface area contributed by atoms with E-state index in [1.165, 1.54) is 30.5 Å². The molecular formula is C12H14N6O2S. The van der Waals surface area contributed by atoms with Gasteiger partial charge >= 0.3 is 0 Å². The molecule has 0 aliphatic rings. The Morgan fingerprint density at radius 2 is 1.86 bits per heavy atom. The Hall–Kier alpha value is -2.68. The summed E-state index contributed by atoms with van der Waals surface area (Å²) in [5, 5.41) is 0. The summed E-state index contributed by atoms with van der Waals surface area (Å²) in [7, 11) is -3.76. The molecule has 9 heteroatoms. The quantitative estimate of drug-likeness (QED) is 0.555. The first-order valence-electron chi connectivity index (χ1n) is 5.89. The summed E-state index contributed by atoms with van der Waals surface area (Å²) in [6, 6.07) is 7.43. The third-order valence-electron chi connectivity index (χ3n) is 2.43. The van der Waals surface area contributed by atoms with Gasteiger partial charge in [0.1, 0.15) is 0 Å². The highest BCUT2D eigenvalue weighted by Gasteiger charge is 2.15. The van der Waals surface area contributed by atoms with Crippen molar-refractivity contribution in [3.8, 4) is 0 Å². The maximum atomic E-state index is 12.2. The molecule has 0 spiro atoms. The van der Waals surface area contributed by atoms with Crippen molar-refractivity contribution in [2.45, 2.75) is 11.8 Å². The van der Waals surface area contributed by atoms with Gasteiger partial charge in [0.05, 0.1) is 10.6 Å². The minimum Gasteiger partial charge on any atom is -0.370 e. The average Bonchev–Trinajstić information content (AvgIpc) is 2.38. The lowest BCUT2D eigenvalue weighted by Gasteiger charge is -2.07. The van der Waals surface area contributed by atoms with Crippen molar-refractivity contribution in [3.63, 3.8) is 0 Å². The molecule has 0 saturated carbocycles. The van der Waals surface area contributed by atoms with Gasteiger partial charge in [-0.2, -0.15) is 0 Å². The number of nitrogens with two attached hydrogens (primary N) is 2. The number of nitrogens with zero attached hydrogens (tertiary/aromatic N) is 3. The molecule has 0 fully saturated rings. The van der Waals surface area contributed by atoms with Crippen LogP contribution in [0.25, 0.3) is 0 Å². The molecule has 0 saturated heterocycles. The van der Waals surface area contributed by atoms with Crippen molar-refractivity contribution >= 4 is 27.6 Å². The number of aryl methyl sites for hydroxylation is 1. The number of anilines is 1. The van der Waals surface area contributed by atoms with Crippen LogP contribution >= 0.6 is 0 Å². The molecule has 0 aliphatic heterocycles. The second-order valence-electron chi connectivity index (χ2n) is 4.16. The normalized spacial score (nSPS) is 10.9. The largest absolute Gasteiger partial charge is 0.370 e. The lowest BCUT2D eigenvalue weighted by atomic mass is 10.3. The number of hydrogen-bond acceptors (Lipinski definition) is 5. The molecule has 110 valence electrons. The van der Waals surface area contributed by atoms with E-state index in [9.17, 15) is 8.42 Å². The molecule has 0 amide bonds. The number of benzene rings is 1. The van der Waals surface area contributed by atoms with Crippen LogP contribution in [-0.2, 0) is 10.0 Å². The Morgan fingerprint density at radius 1 is 1.19 bits per heavy atom. The van der Waals surface area contributed by atoms with Crippen LogP contribution in [0.5, 0.6) is 0 Å². The summed E-state index contributed by atoms with van der Waals surface area (Å²) >= 11 is 0. The van der Waals surface area contributed by atoms with Crippen LogP contribution in [0.2, 0.25) is 0 Å². The Bertz CT molecular complexity index is 767. The predicted molar refractivity (Wildman–Crippen MR) is 79.5 cm³/mol. The summed E-state index contributed by atoms with van der Waals surface area (Å²) in [6.07, 6.45) is 1.47. The van der Waals surface area contributed by atoms with Gasteiger partial charge in [-0.05, 0) is 37.3 Å². The first kappa shape index (κ1) is 14.7. The van der Waals surface area contributed by atoms with Crippen molar-refractivity contribution in [3.05, 3.63) is 42.2 Å². The van der Waals surface area contributed by atoms with E-state index in [0.717, 1.165) is 0 Å². The van der Waals surface area contributed by atoms with Crippen molar-refractivity contribution in [1.29, 1.82) is 0 Å². The fourth-order valence-electron chi connectivity index (χ4n) is 1.53. The highest BCUT2D eigenvalue weighted by molar-refractivity contribution is 7.92.